The number of carbonyl (C=O) groups is 1. The first-order valence-corrected chi connectivity index (χ1v) is 10.9. The fraction of sp³-hybridized carbons (Fsp3) is 0.333. The molecule has 0 N–H and O–H groups in total. The van der Waals surface area contributed by atoms with Crippen molar-refractivity contribution >= 4 is 34.6 Å². The summed E-state index contributed by atoms with van der Waals surface area (Å²) < 4.78 is 12.6. The second-order valence-electron chi connectivity index (χ2n) is 7.27. The molecular weight excluding hydrogens is 469 g/mol. The van der Waals surface area contributed by atoms with Crippen LogP contribution in [0.5, 0.6) is 0 Å². The van der Waals surface area contributed by atoms with E-state index in [1.54, 1.807) is 36.2 Å². The Labute approximate surface area is 199 Å². The van der Waals surface area contributed by atoms with E-state index < -0.39 is 0 Å². The molecular formula is C21H21Cl2N7O3. The average molecular weight is 490 g/mol. The molecule has 0 aliphatic rings. The number of aromatic nitrogens is 7. The Morgan fingerprint density at radius 2 is 1.88 bits per heavy atom. The van der Waals surface area contributed by atoms with Crippen molar-refractivity contribution in [2.45, 2.75) is 25.9 Å². The number of pyridine rings is 1. The summed E-state index contributed by atoms with van der Waals surface area (Å²) in [5.41, 5.74) is 2.68. The molecule has 1 atom stereocenters. The molecule has 10 nitrogen and oxygen atoms in total. The van der Waals surface area contributed by atoms with Crippen molar-refractivity contribution in [3.63, 3.8) is 0 Å². The molecule has 0 saturated heterocycles. The monoisotopic (exact) mass is 489 g/mol. The van der Waals surface area contributed by atoms with Crippen LogP contribution in [0.2, 0.25) is 10.2 Å². The Bertz CT molecular complexity index is 1260. The first kappa shape index (κ1) is 23.2. The van der Waals surface area contributed by atoms with Crippen LogP contribution in [0.1, 0.15) is 29.8 Å². The van der Waals surface area contributed by atoms with Gasteiger partial charge in [-0.25, -0.2) is 14.5 Å². The zero-order valence-corrected chi connectivity index (χ0v) is 19.5. The summed E-state index contributed by atoms with van der Waals surface area (Å²) in [7, 11) is 1.61. The van der Waals surface area contributed by atoms with Crippen molar-refractivity contribution in [1.82, 2.24) is 34.6 Å². The maximum absolute atomic E-state index is 12.9. The van der Waals surface area contributed by atoms with Gasteiger partial charge in [0.05, 0.1) is 42.4 Å². The predicted molar refractivity (Wildman–Crippen MR) is 121 cm³/mol. The number of ether oxygens (including phenoxy) is 2. The van der Waals surface area contributed by atoms with Gasteiger partial charge in [0.1, 0.15) is 5.78 Å². The van der Waals surface area contributed by atoms with E-state index in [9.17, 15) is 4.79 Å². The Kier molecular flexibility index (Phi) is 7.29. The van der Waals surface area contributed by atoms with E-state index in [0.29, 0.717) is 51.7 Å². The highest BCUT2D eigenvalue weighted by Gasteiger charge is 2.20. The highest BCUT2D eigenvalue weighted by molar-refractivity contribution is 6.32. The number of halogens is 2. The molecule has 0 unspecified atom stereocenters. The number of carbonyl (C=O) groups excluding carboxylic acids is 1. The van der Waals surface area contributed by atoms with Crippen molar-refractivity contribution in [3.8, 4) is 5.82 Å². The molecule has 172 valence electrons. The van der Waals surface area contributed by atoms with E-state index in [4.69, 9.17) is 32.7 Å². The Balaban J connectivity index is 1.55. The predicted octanol–water partition coefficient (Wildman–Crippen LogP) is 3.09. The zero-order valence-electron chi connectivity index (χ0n) is 18.0. The number of nitrogens with zero attached hydrogens (tertiary/aromatic N) is 7. The summed E-state index contributed by atoms with van der Waals surface area (Å²) in [5.74, 6) is 0.356. The highest BCUT2D eigenvalue weighted by atomic mass is 35.5. The number of Topliss-reactive ketones (excluding diaryl/α,β-unsaturated/α-hetero) is 1. The number of hydrogen-bond donors (Lipinski definition) is 0. The molecule has 0 saturated carbocycles. The van der Waals surface area contributed by atoms with Crippen molar-refractivity contribution in [2.24, 2.45) is 0 Å². The molecule has 0 aromatic carbocycles. The molecule has 4 heterocycles. The molecule has 0 aliphatic heterocycles. The first-order chi connectivity index (χ1) is 16.0. The molecule has 0 amide bonds. The van der Waals surface area contributed by atoms with Crippen LogP contribution in [0.25, 0.3) is 11.5 Å². The van der Waals surface area contributed by atoms with E-state index >= 15 is 0 Å². The second-order valence-corrected chi connectivity index (χ2v) is 8.07. The molecule has 4 aromatic heterocycles. The maximum Gasteiger partial charge on any atom is 0.193 e. The van der Waals surface area contributed by atoms with E-state index in [2.05, 4.69) is 25.3 Å². The van der Waals surface area contributed by atoms with Crippen molar-refractivity contribution in [2.75, 3.05) is 20.3 Å². The van der Waals surface area contributed by atoms with Gasteiger partial charge in [0.25, 0.3) is 0 Å². The van der Waals surface area contributed by atoms with Crippen LogP contribution in [0.15, 0.2) is 36.9 Å². The molecule has 0 spiro atoms. The third-order valence-corrected chi connectivity index (χ3v) is 5.35. The zero-order chi connectivity index (χ0) is 23.4. The third kappa shape index (κ3) is 5.36. The van der Waals surface area contributed by atoms with E-state index in [-0.39, 0.29) is 24.7 Å². The van der Waals surface area contributed by atoms with E-state index in [0.717, 1.165) is 0 Å². The van der Waals surface area contributed by atoms with Crippen LogP contribution in [0, 0.1) is 0 Å². The lowest BCUT2D eigenvalue weighted by Gasteiger charge is -2.18. The molecule has 4 aromatic rings. The maximum atomic E-state index is 12.9. The number of ketones is 1. The van der Waals surface area contributed by atoms with Gasteiger partial charge in [0, 0.05) is 44.0 Å². The van der Waals surface area contributed by atoms with Gasteiger partial charge >= 0.3 is 0 Å². The summed E-state index contributed by atoms with van der Waals surface area (Å²) in [6.45, 7) is 2.73. The Morgan fingerprint density at radius 3 is 2.61 bits per heavy atom. The van der Waals surface area contributed by atoms with Crippen molar-refractivity contribution in [3.05, 3.63) is 63.9 Å². The van der Waals surface area contributed by atoms with E-state index in [1.165, 1.54) is 17.2 Å². The molecule has 12 heteroatoms. The van der Waals surface area contributed by atoms with Crippen LogP contribution < -0.4 is 0 Å². The lowest BCUT2D eigenvalue weighted by molar-refractivity contribution is -0.117. The molecule has 0 fully saturated rings. The first-order valence-electron chi connectivity index (χ1n) is 10.1. The minimum absolute atomic E-state index is 0.0393. The van der Waals surface area contributed by atoms with Gasteiger partial charge in [0.2, 0.25) is 0 Å². The summed E-state index contributed by atoms with van der Waals surface area (Å²) >= 11 is 12.4. The standard InChI is InChI=1S/C21H21Cl2N7O3/c1-13(33-6-5-32-2)20-15(12-24-19-10-18(23)28-29(19)20)9-16(31)7-14-8-17(22)21(25-11-14)30-26-3-4-27-30/h3-4,8,10-13H,5-7,9H2,1-2H3/t13-/m1/s1. The van der Waals surface area contributed by atoms with Crippen LogP contribution in [-0.4, -0.2) is 60.7 Å². The normalized spacial score (nSPS) is 12.4. The summed E-state index contributed by atoms with van der Waals surface area (Å²) in [4.78, 5) is 22.9. The highest BCUT2D eigenvalue weighted by Crippen LogP contribution is 2.25. The molecule has 0 radical (unpaired) electrons. The largest absolute Gasteiger partial charge is 0.382 e. The fourth-order valence-corrected chi connectivity index (χ4v) is 3.89. The summed E-state index contributed by atoms with van der Waals surface area (Å²) in [6, 6.07) is 3.35. The number of rotatable bonds is 10. The lowest BCUT2D eigenvalue weighted by Crippen LogP contribution is -2.17. The van der Waals surface area contributed by atoms with Gasteiger partial charge in [-0.2, -0.15) is 15.3 Å². The van der Waals surface area contributed by atoms with Crippen LogP contribution >= 0.6 is 23.2 Å². The van der Waals surface area contributed by atoms with Crippen LogP contribution in [0.4, 0.5) is 0 Å². The van der Waals surface area contributed by atoms with Crippen LogP contribution in [-0.2, 0) is 27.1 Å². The lowest BCUT2D eigenvalue weighted by atomic mass is 10.0. The second kappa shape index (κ2) is 10.3. The number of methoxy groups -OCH3 is 1. The topological polar surface area (TPSA) is 109 Å². The summed E-state index contributed by atoms with van der Waals surface area (Å²) in [6.07, 6.45) is 6.24. The average Bonchev–Trinajstić information content (AvgIpc) is 3.43. The number of hydrogen-bond acceptors (Lipinski definition) is 8. The quantitative estimate of drug-likeness (QED) is 0.312. The summed E-state index contributed by atoms with van der Waals surface area (Å²) in [5, 5.41) is 13.0. The molecule has 4 rings (SSSR count). The van der Waals surface area contributed by atoms with Crippen molar-refractivity contribution in [1.29, 1.82) is 0 Å². The third-order valence-electron chi connectivity index (χ3n) is 4.89. The smallest absolute Gasteiger partial charge is 0.193 e. The van der Waals surface area contributed by atoms with Crippen molar-refractivity contribution < 1.29 is 14.3 Å². The van der Waals surface area contributed by atoms with Gasteiger partial charge in [-0.1, -0.05) is 23.2 Å². The van der Waals surface area contributed by atoms with E-state index in [1.807, 2.05) is 6.92 Å². The molecule has 0 aliphatic carbocycles. The van der Waals surface area contributed by atoms with Gasteiger partial charge in [-0.15, -0.1) is 4.80 Å². The minimum atomic E-state index is -0.360. The number of fused-ring (bicyclic) bond motifs is 1. The Hall–Kier alpha value is -2.92. The fourth-order valence-electron chi connectivity index (χ4n) is 3.46. The van der Waals surface area contributed by atoms with Gasteiger partial charge < -0.3 is 9.47 Å². The van der Waals surface area contributed by atoms with Gasteiger partial charge in [-0.3, -0.25) is 4.79 Å². The minimum Gasteiger partial charge on any atom is -0.382 e. The van der Waals surface area contributed by atoms with Gasteiger partial charge in [-0.05, 0) is 18.6 Å². The SMILES string of the molecule is COCCO[C@H](C)c1c(CC(=O)Cc2cnc(-n3nccn3)c(Cl)c2)cnc2cc(Cl)nn12. The Morgan fingerprint density at radius 1 is 1.09 bits per heavy atom. The van der Waals surface area contributed by atoms with Crippen LogP contribution in [0.3, 0.4) is 0 Å². The molecule has 33 heavy (non-hydrogen) atoms. The van der Waals surface area contributed by atoms with Gasteiger partial charge in [0.15, 0.2) is 16.6 Å². The molecule has 0 bridgehead atoms.